The summed E-state index contributed by atoms with van der Waals surface area (Å²) >= 11 is 6.14. The van der Waals surface area contributed by atoms with E-state index in [1.165, 1.54) is 6.08 Å². The van der Waals surface area contributed by atoms with E-state index in [0.29, 0.717) is 22.2 Å². The van der Waals surface area contributed by atoms with E-state index < -0.39 is 0 Å². The molecule has 1 amide bonds. The molecule has 3 rings (SSSR count). The van der Waals surface area contributed by atoms with Crippen LogP contribution in [0.1, 0.15) is 11.3 Å². The highest BCUT2D eigenvalue weighted by atomic mass is 35.5. The lowest BCUT2D eigenvalue weighted by molar-refractivity contribution is -0.111. The predicted octanol–water partition coefficient (Wildman–Crippen LogP) is 4.96. The maximum absolute atomic E-state index is 11.9. The standard InChI is InChI=1S/C19H15ClN2O2/c1-13-4-5-14(11-17(13)20)18-8-6-16(24-18)7-9-19(23)22-15-3-2-10-21-12-15/h2-12H,1H3,(H,22,23)/b9-7+. The molecule has 2 aromatic heterocycles. The molecule has 2 heterocycles. The number of aromatic nitrogens is 1. The van der Waals surface area contributed by atoms with E-state index in [2.05, 4.69) is 10.3 Å². The summed E-state index contributed by atoms with van der Waals surface area (Å²) in [4.78, 5) is 15.8. The molecule has 0 unspecified atom stereocenters. The summed E-state index contributed by atoms with van der Waals surface area (Å²) in [5, 5.41) is 3.41. The summed E-state index contributed by atoms with van der Waals surface area (Å²) in [6, 6.07) is 12.9. The Balaban J connectivity index is 1.69. The number of furan rings is 1. The molecule has 0 fully saturated rings. The highest BCUT2D eigenvalue weighted by molar-refractivity contribution is 6.31. The van der Waals surface area contributed by atoms with Crippen molar-refractivity contribution in [1.82, 2.24) is 4.98 Å². The van der Waals surface area contributed by atoms with Crippen LogP contribution in [-0.4, -0.2) is 10.9 Å². The average Bonchev–Trinajstić information content (AvgIpc) is 3.05. The number of hydrogen-bond acceptors (Lipinski definition) is 3. The van der Waals surface area contributed by atoms with Crippen molar-refractivity contribution < 1.29 is 9.21 Å². The smallest absolute Gasteiger partial charge is 0.248 e. The number of anilines is 1. The normalized spacial score (nSPS) is 10.9. The fourth-order valence-electron chi connectivity index (χ4n) is 2.12. The molecule has 3 aromatic rings. The monoisotopic (exact) mass is 338 g/mol. The van der Waals surface area contributed by atoms with Crippen LogP contribution in [0, 0.1) is 6.92 Å². The van der Waals surface area contributed by atoms with E-state index in [4.69, 9.17) is 16.0 Å². The van der Waals surface area contributed by atoms with Crippen LogP contribution in [0.15, 0.2) is 65.4 Å². The van der Waals surface area contributed by atoms with Crippen molar-refractivity contribution in [2.45, 2.75) is 6.92 Å². The van der Waals surface area contributed by atoms with Gasteiger partial charge in [0.2, 0.25) is 5.91 Å². The van der Waals surface area contributed by atoms with Crippen molar-refractivity contribution >= 4 is 29.3 Å². The molecule has 4 nitrogen and oxygen atoms in total. The Labute approximate surface area is 144 Å². The van der Waals surface area contributed by atoms with Crippen LogP contribution < -0.4 is 5.32 Å². The van der Waals surface area contributed by atoms with Crippen molar-refractivity contribution in [2.75, 3.05) is 5.32 Å². The van der Waals surface area contributed by atoms with Crippen molar-refractivity contribution in [3.63, 3.8) is 0 Å². The first-order chi connectivity index (χ1) is 11.6. The van der Waals surface area contributed by atoms with Crippen LogP contribution in [0.5, 0.6) is 0 Å². The molecule has 0 saturated heterocycles. The average molecular weight is 339 g/mol. The maximum Gasteiger partial charge on any atom is 0.248 e. The summed E-state index contributed by atoms with van der Waals surface area (Å²) in [6.45, 7) is 1.95. The fourth-order valence-corrected chi connectivity index (χ4v) is 2.30. The number of rotatable bonds is 4. The number of amides is 1. The highest BCUT2D eigenvalue weighted by Gasteiger charge is 2.06. The van der Waals surface area contributed by atoms with E-state index >= 15 is 0 Å². The predicted molar refractivity (Wildman–Crippen MR) is 95.8 cm³/mol. The van der Waals surface area contributed by atoms with Crippen molar-refractivity contribution in [2.24, 2.45) is 0 Å². The Morgan fingerprint density at radius 1 is 1.25 bits per heavy atom. The van der Waals surface area contributed by atoms with Gasteiger partial charge < -0.3 is 9.73 Å². The second-order valence-corrected chi connectivity index (χ2v) is 5.64. The van der Waals surface area contributed by atoms with Gasteiger partial charge in [-0.15, -0.1) is 0 Å². The highest BCUT2D eigenvalue weighted by Crippen LogP contribution is 2.27. The number of carbonyl (C=O) groups excluding carboxylic acids is 1. The minimum atomic E-state index is -0.251. The van der Waals surface area contributed by atoms with Gasteiger partial charge in [-0.1, -0.05) is 23.7 Å². The van der Waals surface area contributed by atoms with Gasteiger partial charge in [0.05, 0.1) is 11.9 Å². The topological polar surface area (TPSA) is 55.1 Å². The van der Waals surface area contributed by atoms with Gasteiger partial charge in [-0.05, 0) is 48.9 Å². The quantitative estimate of drug-likeness (QED) is 0.684. The third-order valence-electron chi connectivity index (χ3n) is 3.41. The Hall–Kier alpha value is -2.85. The van der Waals surface area contributed by atoms with Gasteiger partial charge >= 0.3 is 0 Å². The molecule has 1 N–H and O–H groups in total. The number of carbonyl (C=O) groups is 1. The second-order valence-electron chi connectivity index (χ2n) is 5.23. The zero-order valence-electron chi connectivity index (χ0n) is 13.0. The number of aryl methyl sites for hydroxylation is 1. The molecular weight excluding hydrogens is 324 g/mol. The van der Waals surface area contributed by atoms with E-state index in [9.17, 15) is 4.79 Å². The summed E-state index contributed by atoms with van der Waals surface area (Å²) in [7, 11) is 0. The van der Waals surface area contributed by atoms with Crippen LogP contribution in [0.2, 0.25) is 5.02 Å². The van der Waals surface area contributed by atoms with Crippen LogP contribution in [0.4, 0.5) is 5.69 Å². The van der Waals surface area contributed by atoms with Crippen molar-refractivity contribution in [1.29, 1.82) is 0 Å². The SMILES string of the molecule is Cc1ccc(-c2ccc(/C=C/C(=O)Nc3cccnc3)o2)cc1Cl. The van der Waals surface area contributed by atoms with Crippen LogP contribution >= 0.6 is 11.6 Å². The molecule has 0 aliphatic carbocycles. The summed E-state index contributed by atoms with van der Waals surface area (Å²) in [5.41, 5.74) is 2.55. The fraction of sp³-hybridized carbons (Fsp3) is 0.0526. The van der Waals surface area contributed by atoms with Gasteiger partial charge in [-0.25, -0.2) is 0 Å². The number of pyridine rings is 1. The van der Waals surface area contributed by atoms with Gasteiger partial charge in [-0.2, -0.15) is 0 Å². The third-order valence-corrected chi connectivity index (χ3v) is 3.82. The third kappa shape index (κ3) is 3.91. The van der Waals surface area contributed by atoms with E-state index in [0.717, 1.165) is 11.1 Å². The first-order valence-corrected chi connectivity index (χ1v) is 7.75. The number of nitrogens with zero attached hydrogens (tertiary/aromatic N) is 1. The molecule has 5 heteroatoms. The Bertz CT molecular complexity index is 885. The molecule has 0 aliphatic rings. The maximum atomic E-state index is 11.9. The van der Waals surface area contributed by atoms with Crippen molar-refractivity contribution in [3.8, 4) is 11.3 Å². The number of benzene rings is 1. The zero-order chi connectivity index (χ0) is 16.9. The second kappa shape index (κ2) is 7.15. The Morgan fingerprint density at radius 3 is 2.88 bits per heavy atom. The molecule has 0 saturated carbocycles. The largest absolute Gasteiger partial charge is 0.457 e. The van der Waals surface area contributed by atoms with E-state index in [1.807, 2.05) is 31.2 Å². The van der Waals surface area contributed by atoms with Gasteiger partial charge in [-0.3, -0.25) is 9.78 Å². The van der Waals surface area contributed by atoms with Gasteiger partial charge in [0.15, 0.2) is 0 Å². The zero-order valence-corrected chi connectivity index (χ0v) is 13.7. The lowest BCUT2D eigenvalue weighted by Gasteiger charge is -2.01. The molecular formula is C19H15ClN2O2. The minimum Gasteiger partial charge on any atom is -0.457 e. The summed E-state index contributed by atoms with van der Waals surface area (Å²) in [5.74, 6) is 1.03. The first-order valence-electron chi connectivity index (χ1n) is 7.37. The number of hydrogen-bond donors (Lipinski definition) is 1. The lowest BCUT2D eigenvalue weighted by atomic mass is 10.1. The summed E-state index contributed by atoms with van der Waals surface area (Å²) in [6.07, 6.45) is 6.26. The van der Waals surface area contributed by atoms with Gasteiger partial charge in [0.25, 0.3) is 0 Å². The molecule has 0 bridgehead atoms. The Kier molecular flexibility index (Phi) is 4.77. The van der Waals surface area contributed by atoms with Crippen LogP contribution in [0.3, 0.4) is 0 Å². The number of nitrogens with one attached hydrogen (secondary N) is 1. The molecule has 0 spiro atoms. The molecule has 0 atom stereocenters. The molecule has 1 aromatic carbocycles. The lowest BCUT2D eigenvalue weighted by Crippen LogP contribution is -2.07. The van der Waals surface area contributed by atoms with Gasteiger partial charge in [0, 0.05) is 22.9 Å². The van der Waals surface area contributed by atoms with Gasteiger partial charge in [0.1, 0.15) is 11.5 Å². The molecule has 0 aliphatic heterocycles. The molecule has 120 valence electrons. The minimum absolute atomic E-state index is 0.251. The van der Waals surface area contributed by atoms with Crippen LogP contribution in [0.25, 0.3) is 17.4 Å². The molecule has 24 heavy (non-hydrogen) atoms. The molecule has 0 radical (unpaired) electrons. The van der Waals surface area contributed by atoms with Crippen molar-refractivity contribution in [3.05, 3.63) is 77.3 Å². The Morgan fingerprint density at radius 2 is 2.12 bits per heavy atom. The number of halogens is 1. The first kappa shape index (κ1) is 16.0. The van der Waals surface area contributed by atoms with E-state index in [-0.39, 0.29) is 5.91 Å². The van der Waals surface area contributed by atoms with Crippen LogP contribution in [-0.2, 0) is 4.79 Å². The van der Waals surface area contributed by atoms with E-state index in [1.54, 1.807) is 36.7 Å². The summed E-state index contributed by atoms with van der Waals surface area (Å²) < 4.78 is 5.73.